The standard InChI is InChI=1S/C18H16N6OS/c1-11-6-3-4-9-14(11)24-18(21-22-23-24)26-10-15-19-16-12(2)7-5-8-13(16)17(25)20-15/h3-9H,10H2,1-2H3,(H,19,20,25). The van der Waals surface area contributed by atoms with Crippen molar-refractivity contribution in [3.8, 4) is 5.69 Å². The Labute approximate surface area is 153 Å². The van der Waals surface area contributed by atoms with Gasteiger partial charge in [0.2, 0.25) is 5.16 Å². The van der Waals surface area contributed by atoms with Crippen LogP contribution in [0.3, 0.4) is 0 Å². The molecular weight excluding hydrogens is 348 g/mol. The first-order valence-corrected chi connectivity index (χ1v) is 9.08. The lowest BCUT2D eigenvalue weighted by Crippen LogP contribution is -2.12. The molecular formula is C18H16N6OS. The molecule has 0 amide bonds. The second-order valence-corrected chi connectivity index (χ2v) is 6.87. The molecule has 0 saturated heterocycles. The van der Waals surface area contributed by atoms with E-state index in [2.05, 4.69) is 25.5 Å². The Hall–Kier alpha value is -3.00. The number of nitrogens with one attached hydrogen (secondary N) is 1. The van der Waals surface area contributed by atoms with Crippen molar-refractivity contribution in [3.05, 3.63) is 69.8 Å². The van der Waals surface area contributed by atoms with Crippen LogP contribution in [0.1, 0.15) is 17.0 Å². The maximum Gasteiger partial charge on any atom is 0.258 e. The maximum absolute atomic E-state index is 12.3. The average molecular weight is 364 g/mol. The van der Waals surface area contributed by atoms with Gasteiger partial charge < -0.3 is 4.98 Å². The number of aromatic amines is 1. The number of aromatic nitrogens is 6. The molecule has 4 rings (SSSR count). The second kappa shape index (κ2) is 6.72. The summed E-state index contributed by atoms with van der Waals surface area (Å²) in [5.41, 5.74) is 3.58. The lowest BCUT2D eigenvalue weighted by molar-refractivity contribution is 0.751. The summed E-state index contributed by atoms with van der Waals surface area (Å²) in [4.78, 5) is 19.7. The molecule has 0 aliphatic rings. The van der Waals surface area contributed by atoms with Crippen molar-refractivity contribution in [2.24, 2.45) is 0 Å². The van der Waals surface area contributed by atoms with Gasteiger partial charge in [0.15, 0.2) is 0 Å². The van der Waals surface area contributed by atoms with Gasteiger partial charge in [-0.2, -0.15) is 4.68 Å². The number of para-hydroxylation sites is 2. The van der Waals surface area contributed by atoms with E-state index in [-0.39, 0.29) is 5.56 Å². The van der Waals surface area contributed by atoms with E-state index in [1.807, 2.05) is 50.2 Å². The molecule has 0 saturated carbocycles. The van der Waals surface area contributed by atoms with E-state index in [9.17, 15) is 4.79 Å². The zero-order chi connectivity index (χ0) is 18.1. The molecule has 0 aliphatic carbocycles. The lowest BCUT2D eigenvalue weighted by Gasteiger charge is -2.07. The molecule has 0 unspecified atom stereocenters. The highest BCUT2D eigenvalue weighted by Gasteiger charge is 2.12. The Morgan fingerprint density at radius 1 is 1.08 bits per heavy atom. The van der Waals surface area contributed by atoms with Crippen molar-refractivity contribution < 1.29 is 0 Å². The number of aryl methyl sites for hydroxylation is 2. The zero-order valence-corrected chi connectivity index (χ0v) is 15.1. The Kier molecular flexibility index (Phi) is 4.26. The summed E-state index contributed by atoms with van der Waals surface area (Å²) < 4.78 is 1.70. The highest BCUT2D eigenvalue weighted by atomic mass is 32.2. The molecule has 0 fully saturated rings. The van der Waals surface area contributed by atoms with E-state index in [0.717, 1.165) is 22.3 Å². The molecule has 0 atom stereocenters. The second-order valence-electron chi connectivity index (χ2n) is 5.93. The predicted octanol–water partition coefficient (Wildman–Crippen LogP) is 2.81. The molecule has 0 radical (unpaired) electrons. The number of hydrogen-bond donors (Lipinski definition) is 1. The first-order valence-electron chi connectivity index (χ1n) is 8.09. The molecule has 1 N–H and O–H groups in total. The van der Waals surface area contributed by atoms with Gasteiger partial charge in [0, 0.05) is 0 Å². The summed E-state index contributed by atoms with van der Waals surface area (Å²) in [7, 11) is 0. The summed E-state index contributed by atoms with van der Waals surface area (Å²) in [6, 6.07) is 13.5. The quantitative estimate of drug-likeness (QED) is 0.560. The topological polar surface area (TPSA) is 89.3 Å². The molecule has 2 aromatic carbocycles. The molecule has 8 heteroatoms. The predicted molar refractivity (Wildman–Crippen MR) is 101 cm³/mol. The Bertz CT molecular complexity index is 1150. The molecule has 0 spiro atoms. The van der Waals surface area contributed by atoms with Gasteiger partial charge in [-0.3, -0.25) is 4.79 Å². The van der Waals surface area contributed by atoms with Gasteiger partial charge in [0.1, 0.15) is 5.82 Å². The Balaban J connectivity index is 1.64. The number of fused-ring (bicyclic) bond motifs is 1. The van der Waals surface area contributed by atoms with E-state index in [1.165, 1.54) is 11.8 Å². The fraction of sp³-hybridized carbons (Fsp3) is 0.167. The number of tetrazole rings is 1. The fourth-order valence-corrected chi connectivity index (χ4v) is 3.53. The van der Waals surface area contributed by atoms with Gasteiger partial charge in [-0.05, 0) is 47.5 Å². The molecule has 7 nitrogen and oxygen atoms in total. The number of benzene rings is 2. The molecule has 2 heterocycles. The van der Waals surface area contributed by atoms with Crippen molar-refractivity contribution in [2.75, 3.05) is 0 Å². The van der Waals surface area contributed by atoms with Crippen molar-refractivity contribution in [2.45, 2.75) is 24.8 Å². The highest BCUT2D eigenvalue weighted by Crippen LogP contribution is 2.23. The molecule has 130 valence electrons. The van der Waals surface area contributed by atoms with Crippen LogP contribution in [-0.2, 0) is 5.75 Å². The SMILES string of the molecule is Cc1ccccc1-n1nnnc1SCc1nc2c(C)cccc2c(=O)[nH]1. The third kappa shape index (κ3) is 2.99. The van der Waals surface area contributed by atoms with Crippen LogP contribution < -0.4 is 5.56 Å². The molecule has 26 heavy (non-hydrogen) atoms. The van der Waals surface area contributed by atoms with Crippen LogP contribution >= 0.6 is 11.8 Å². The van der Waals surface area contributed by atoms with Gasteiger partial charge in [0.25, 0.3) is 5.56 Å². The van der Waals surface area contributed by atoms with Crippen LogP contribution in [0.15, 0.2) is 52.4 Å². The molecule has 2 aromatic heterocycles. The summed E-state index contributed by atoms with van der Waals surface area (Å²) in [5, 5.41) is 13.2. The van der Waals surface area contributed by atoms with Gasteiger partial charge in [0.05, 0.1) is 22.3 Å². The van der Waals surface area contributed by atoms with E-state index in [4.69, 9.17) is 0 Å². The molecule has 0 aliphatic heterocycles. The van der Waals surface area contributed by atoms with Crippen LogP contribution in [0, 0.1) is 13.8 Å². The van der Waals surface area contributed by atoms with Crippen molar-refractivity contribution in [1.82, 2.24) is 30.2 Å². The summed E-state index contributed by atoms with van der Waals surface area (Å²) >= 11 is 1.43. The van der Waals surface area contributed by atoms with Gasteiger partial charge in [-0.1, -0.05) is 42.1 Å². The van der Waals surface area contributed by atoms with Crippen molar-refractivity contribution in [1.29, 1.82) is 0 Å². The lowest BCUT2D eigenvalue weighted by atomic mass is 10.1. The first-order chi connectivity index (χ1) is 12.6. The highest BCUT2D eigenvalue weighted by molar-refractivity contribution is 7.98. The van der Waals surface area contributed by atoms with E-state index < -0.39 is 0 Å². The number of thioether (sulfide) groups is 1. The van der Waals surface area contributed by atoms with Crippen LogP contribution in [0.4, 0.5) is 0 Å². The monoisotopic (exact) mass is 364 g/mol. The number of nitrogens with zero attached hydrogens (tertiary/aromatic N) is 5. The fourth-order valence-electron chi connectivity index (χ4n) is 2.77. The Morgan fingerprint density at radius 3 is 2.73 bits per heavy atom. The Morgan fingerprint density at radius 2 is 1.88 bits per heavy atom. The van der Waals surface area contributed by atoms with Crippen LogP contribution in [-0.4, -0.2) is 30.2 Å². The summed E-state index contributed by atoms with van der Waals surface area (Å²) in [6.45, 7) is 3.96. The maximum atomic E-state index is 12.3. The van der Waals surface area contributed by atoms with Gasteiger partial charge in [-0.25, -0.2) is 4.98 Å². The van der Waals surface area contributed by atoms with Crippen molar-refractivity contribution >= 4 is 22.7 Å². The van der Waals surface area contributed by atoms with Crippen LogP contribution in [0.5, 0.6) is 0 Å². The smallest absolute Gasteiger partial charge is 0.258 e. The van der Waals surface area contributed by atoms with Gasteiger partial charge >= 0.3 is 0 Å². The number of H-pyrrole nitrogens is 1. The van der Waals surface area contributed by atoms with E-state index in [1.54, 1.807) is 10.7 Å². The van der Waals surface area contributed by atoms with Crippen LogP contribution in [0.25, 0.3) is 16.6 Å². The van der Waals surface area contributed by atoms with Crippen LogP contribution in [0.2, 0.25) is 0 Å². The minimum atomic E-state index is -0.132. The summed E-state index contributed by atoms with van der Waals surface area (Å²) in [6.07, 6.45) is 0. The average Bonchev–Trinajstić information content (AvgIpc) is 3.10. The normalized spacial score (nSPS) is 11.2. The largest absolute Gasteiger partial charge is 0.309 e. The first kappa shape index (κ1) is 16.5. The third-order valence-electron chi connectivity index (χ3n) is 4.11. The number of rotatable bonds is 4. The minimum absolute atomic E-state index is 0.132. The summed E-state index contributed by atoms with van der Waals surface area (Å²) in [5.74, 6) is 1.06. The van der Waals surface area contributed by atoms with E-state index >= 15 is 0 Å². The zero-order valence-electron chi connectivity index (χ0n) is 14.3. The number of hydrogen-bond acceptors (Lipinski definition) is 6. The van der Waals surface area contributed by atoms with Crippen molar-refractivity contribution in [3.63, 3.8) is 0 Å². The third-order valence-corrected chi connectivity index (χ3v) is 5.04. The molecule has 0 bridgehead atoms. The molecule has 4 aromatic rings. The minimum Gasteiger partial charge on any atom is -0.309 e. The van der Waals surface area contributed by atoms with Gasteiger partial charge in [-0.15, -0.1) is 5.10 Å². The van der Waals surface area contributed by atoms with E-state index in [0.29, 0.717) is 22.1 Å².